The first-order valence-corrected chi connectivity index (χ1v) is 6.59. The van der Waals surface area contributed by atoms with Crippen LogP contribution in [-0.2, 0) is 4.74 Å². The van der Waals surface area contributed by atoms with Crippen LogP contribution in [0, 0.1) is 9.39 Å². The topological polar surface area (TPSA) is 38.3 Å². The molecule has 1 fully saturated rings. The summed E-state index contributed by atoms with van der Waals surface area (Å²) in [6.45, 7) is 1.25. The Hall–Kier alpha value is -0.690. The number of rotatable bonds is 3. The molecule has 0 bridgehead atoms. The van der Waals surface area contributed by atoms with Crippen molar-refractivity contribution in [3.63, 3.8) is 0 Å². The summed E-state index contributed by atoms with van der Waals surface area (Å²) in [5.74, 6) is -0.642. The average Bonchev–Trinajstić information content (AvgIpc) is 2.82. The molecule has 5 heteroatoms. The van der Waals surface area contributed by atoms with E-state index in [4.69, 9.17) is 4.74 Å². The van der Waals surface area contributed by atoms with Crippen LogP contribution in [0.15, 0.2) is 18.2 Å². The smallest absolute Gasteiger partial charge is 0.252 e. The van der Waals surface area contributed by atoms with Crippen LogP contribution in [0.5, 0.6) is 0 Å². The average molecular weight is 349 g/mol. The third-order valence-corrected chi connectivity index (χ3v) is 3.63. The summed E-state index contributed by atoms with van der Waals surface area (Å²) in [6.07, 6.45) is 2.11. The van der Waals surface area contributed by atoms with Gasteiger partial charge in [-0.25, -0.2) is 4.39 Å². The molecule has 17 heavy (non-hydrogen) atoms. The number of halogens is 2. The molecule has 2 rings (SSSR count). The van der Waals surface area contributed by atoms with E-state index in [2.05, 4.69) is 5.32 Å². The van der Waals surface area contributed by atoms with Crippen molar-refractivity contribution in [2.75, 3.05) is 13.2 Å². The summed E-state index contributed by atoms with van der Waals surface area (Å²) < 4.78 is 19.2. The van der Waals surface area contributed by atoms with Gasteiger partial charge in [0.15, 0.2) is 0 Å². The van der Waals surface area contributed by atoms with Crippen molar-refractivity contribution in [2.24, 2.45) is 0 Å². The number of carbonyl (C=O) groups excluding carboxylic acids is 1. The quantitative estimate of drug-likeness (QED) is 0.851. The van der Waals surface area contributed by atoms with E-state index in [-0.39, 0.29) is 12.0 Å². The van der Waals surface area contributed by atoms with Gasteiger partial charge < -0.3 is 10.1 Å². The zero-order valence-corrected chi connectivity index (χ0v) is 11.4. The molecule has 0 saturated carbocycles. The lowest BCUT2D eigenvalue weighted by molar-refractivity contribution is 0.0856. The molecule has 1 aliphatic heterocycles. The van der Waals surface area contributed by atoms with E-state index in [9.17, 15) is 9.18 Å². The molecule has 1 aliphatic rings. The van der Waals surface area contributed by atoms with Crippen molar-refractivity contribution in [3.8, 4) is 0 Å². The van der Waals surface area contributed by atoms with Crippen LogP contribution in [0.25, 0.3) is 0 Å². The molecule has 1 saturated heterocycles. The van der Waals surface area contributed by atoms with Gasteiger partial charge in [0.2, 0.25) is 0 Å². The SMILES string of the molecule is O=C(NC[C@@H]1CCCO1)c1cc(F)ccc1I. The first-order chi connectivity index (χ1) is 8.16. The van der Waals surface area contributed by atoms with Gasteiger partial charge in [0.1, 0.15) is 5.82 Å². The van der Waals surface area contributed by atoms with Crippen molar-refractivity contribution in [1.82, 2.24) is 5.32 Å². The Morgan fingerprint density at radius 2 is 2.41 bits per heavy atom. The van der Waals surface area contributed by atoms with Crippen molar-refractivity contribution in [1.29, 1.82) is 0 Å². The van der Waals surface area contributed by atoms with Gasteiger partial charge in [0.05, 0.1) is 11.7 Å². The first kappa shape index (κ1) is 12.8. The van der Waals surface area contributed by atoms with Crippen LogP contribution in [0.4, 0.5) is 4.39 Å². The van der Waals surface area contributed by atoms with Gasteiger partial charge in [-0.05, 0) is 53.6 Å². The van der Waals surface area contributed by atoms with Gasteiger partial charge in [-0.3, -0.25) is 4.79 Å². The Labute approximate surface area is 113 Å². The van der Waals surface area contributed by atoms with Crippen molar-refractivity contribution in [2.45, 2.75) is 18.9 Å². The summed E-state index contributed by atoms with van der Waals surface area (Å²) in [5, 5.41) is 2.77. The minimum atomic E-state index is -0.396. The van der Waals surface area contributed by atoms with E-state index in [1.165, 1.54) is 12.1 Å². The Balaban J connectivity index is 1.96. The predicted molar refractivity (Wildman–Crippen MR) is 70.4 cm³/mol. The van der Waals surface area contributed by atoms with Crippen LogP contribution in [0.2, 0.25) is 0 Å². The maximum absolute atomic E-state index is 13.0. The molecule has 3 nitrogen and oxygen atoms in total. The molecule has 92 valence electrons. The number of benzene rings is 1. The van der Waals surface area contributed by atoms with Gasteiger partial charge in [-0.1, -0.05) is 0 Å². The van der Waals surface area contributed by atoms with Crippen LogP contribution in [0.1, 0.15) is 23.2 Å². The molecule has 0 radical (unpaired) electrons. The van der Waals surface area contributed by atoms with Crippen molar-refractivity contribution < 1.29 is 13.9 Å². The van der Waals surface area contributed by atoms with E-state index in [0.29, 0.717) is 12.1 Å². The Morgan fingerprint density at radius 3 is 3.12 bits per heavy atom. The maximum atomic E-state index is 13.0. The number of ether oxygens (including phenoxy) is 1. The third kappa shape index (κ3) is 3.38. The maximum Gasteiger partial charge on any atom is 0.252 e. The van der Waals surface area contributed by atoms with E-state index in [1.807, 2.05) is 22.6 Å². The van der Waals surface area contributed by atoms with Crippen LogP contribution >= 0.6 is 22.6 Å². The van der Waals surface area contributed by atoms with Crippen LogP contribution < -0.4 is 5.32 Å². The number of carbonyl (C=O) groups is 1. The van der Waals surface area contributed by atoms with Crippen LogP contribution in [0.3, 0.4) is 0 Å². The highest BCUT2D eigenvalue weighted by Crippen LogP contribution is 2.14. The molecule has 0 spiro atoms. The Morgan fingerprint density at radius 1 is 1.59 bits per heavy atom. The van der Waals surface area contributed by atoms with Crippen molar-refractivity contribution >= 4 is 28.5 Å². The molecule has 0 aliphatic carbocycles. The van der Waals surface area contributed by atoms with Gasteiger partial charge in [0.25, 0.3) is 5.91 Å². The minimum absolute atomic E-state index is 0.102. The zero-order valence-electron chi connectivity index (χ0n) is 9.21. The summed E-state index contributed by atoms with van der Waals surface area (Å²) in [6, 6.07) is 4.20. The molecule has 1 N–H and O–H groups in total. The molecule has 1 heterocycles. The number of hydrogen-bond donors (Lipinski definition) is 1. The third-order valence-electron chi connectivity index (χ3n) is 2.69. The van der Waals surface area contributed by atoms with E-state index in [1.54, 1.807) is 6.07 Å². The summed E-state index contributed by atoms with van der Waals surface area (Å²) >= 11 is 2.02. The zero-order chi connectivity index (χ0) is 12.3. The van der Waals surface area contributed by atoms with Gasteiger partial charge in [0, 0.05) is 16.7 Å². The van der Waals surface area contributed by atoms with E-state index in [0.717, 1.165) is 23.0 Å². The largest absolute Gasteiger partial charge is 0.376 e. The highest BCUT2D eigenvalue weighted by molar-refractivity contribution is 14.1. The second kappa shape index (κ2) is 5.77. The molecular formula is C12H13FINO2. The van der Waals surface area contributed by atoms with Gasteiger partial charge in [-0.2, -0.15) is 0 Å². The first-order valence-electron chi connectivity index (χ1n) is 5.51. The minimum Gasteiger partial charge on any atom is -0.376 e. The van der Waals surface area contributed by atoms with Gasteiger partial charge >= 0.3 is 0 Å². The Bertz CT molecular complexity index is 419. The molecule has 1 aromatic carbocycles. The Kier molecular flexibility index (Phi) is 4.33. The van der Waals surface area contributed by atoms with E-state index >= 15 is 0 Å². The monoisotopic (exact) mass is 349 g/mol. The summed E-state index contributed by atoms with van der Waals surface area (Å²) in [4.78, 5) is 11.8. The lowest BCUT2D eigenvalue weighted by Gasteiger charge is -2.11. The summed E-state index contributed by atoms with van der Waals surface area (Å²) in [7, 11) is 0. The fourth-order valence-corrected chi connectivity index (χ4v) is 2.36. The normalized spacial score (nSPS) is 19.3. The molecule has 1 aromatic rings. The lowest BCUT2D eigenvalue weighted by atomic mass is 10.2. The predicted octanol–water partition coefficient (Wildman–Crippen LogP) is 2.34. The van der Waals surface area contributed by atoms with Crippen molar-refractivity contribution in [3.05, 3.63) is 33.1 Å². The molecular weight excluding hydrogens is 336 g/mol. The standard InChI is InChI=1S/C12H13FINO2/c13-8-3-4-11(14)10(6-8)12(16)15-7-9-2-1-5-17-9/h3-4,6,9H,1-2,5,7H2,(H,15,16)/t9-/m0/s1. The number of amides is 1. The second-order valence-electron chi connectivity index (χ2n) is 3.97. The number of nitrogens with one attached hydrogen (secondary N) is 1. The van der Waals surface area contributed by atoms with Crippen LogP contribution in [-0.4, -0.2) is 25.2 Å². The molecule has 1 amide bonds. The van der Waals surface area contributed by atoms with E-state index < -0.39 is 5.82 Å². The summed E-state index contributed by atoms with van der Waals surface area (Å²) in [5.41, 5.74) is 0.378. The molecule has 0 unspecified atom stereocenters. The molecule has 1 atom stereocenters. The fraction of sp³-hybridized carbons (Fsp3) is 0.417. The highest BCUT2D eigenvalue weighted by Gasteiger charge is 2.17. The second-order valence-corrected chi connectivity index (χ2v) is 5.13. The fourth-order valence-electron chi connectivity index (χ4n) is 1.78. The molecule has 0 aromatic heterocycles. The lowest BCUT2D eigenvalue weighted by Crippen LogP contribution is -2.32. The van der Waals surface area contributed by atoms with Gasteiger partial charge in [-0.15, -0.1) is 0 Å². The highest BCUT2D eigenvalue weighted by atomic mass is 127. The number of hydrogen-bond acceptors (Lipinski definition) is 2.